The maximum atomic E-state index is 12.2. The zero-order chi connectivity index (χ0) is 14.4. The highest BCUT2D eigenvalue weighted by atomic mass is 16.1. The Labute approximate surface area is 125 Å². The summed E-state index contributed by atoms with van der Waals surface area (Å²) in [5, 5.41) is 10.3. The lowest BCUT2D eigenvalue weighted by Crippen LogP contribution is -2.40. The zero-order valence-electron chi connectivity index (χ0n) is 12.6. The maximum absolute atomic E-state index is 12.2. The Hall–Kier alpha value is -1.39. The van der Waals surface area contributed by atoms with E-state index in [4.69, 9.17) is 0 Å². The van der Waals surface area contributed by atoms with Gasteiger partial charge in [-0.3, -0.25) is 9.89 Å². The van der Waals surface area contributed by atoms with Crippen LogP contribution in [-0.4, -0.2) is 27.1 Å². The van der Waals surface area contributed by atoms with Crippen molar-refractivity contribution < 1.29 is 4.79 Å². The second-order valence-electron chi connectivity index (χ2n) is 7.29. The van der Waals surface area contributed by atoms with Gasteiger partial charge in [-0.25, -0.2) is 4.98 Å². The summed E-state index contributed by atoms with van der Waals surface area (Å²) < 4.78 is 0. The second-order valence-corrected chi connectivity index (χ2v) is 7.29. The Kier molecular flexibility index (Phi) is 3.23. The van der Waals surface area contributed by atoms with Crippen molar-refractivity contribution in [2.24, 2.45) is 17.8 Å². The average molecular weight is 288 g/mol. The number of fused-ring (bicyclic) bond motifs is 2. The van der Waals surface area contributed by atoms with Crippen LogP contribution in [0.1, 0.15) is 63.0 Å². The minimum Gasteiger partial charge on any atom is -0.353 e. The molecule has 1 aromatic rings. The smallest absolute Gasteiger partial charge is 0.227 e. The van der Waals surface area contributed by atoms with E-state index in [1.807, 2.05) is 0 Å². The number of nitrogens with one attached hydrogen (secondary N) is 2. The second kappa shape index (κ2) is 5.11. The Morgan fingerprint density at radius 2 is 2.19 bits per heavy atom. The molecule has 0 aromatic carbocycles. The third-order valence-electron chi connectivity index (χ3n) is 5.64. The van der Waals surface area contributed by atoms with Crippen LogP contribution in [0, 0.1) is 17.8 Å². The third-order valence-corrected chi connectivity index (χ3v) is 5.64. The van der Waals surface area contributed by atoms with Gasteiger partial charge in [-0.15, -0.1) is 0 Å². The average Bonchev–Trinajstić information content (AvgIpc) is 2.88. The molecule has 0 spiro atoms. The Morgan fingerprint density at radius 3 is 2.86 bits per heavy atom. The first-order chi connectivity index (χ1) is 10.2. The van der Waals surface area contributed by atoms with Gasteiger partial charge in [0.2, 0.25) is 5.91 Å². The molecule has 21 heavy (non-hydrogen) atoms. The van der Waals surface area contributed by atoms with Gasteiger partial charge in [0.1, 0.15) is 5.82 Å². The van der Waals surface area contributed by atoms with Crippen molar-refractivity contribution in [3.63, 3.8) is 0 Å². The van der Waals surface area contributed by atoms with Crippen LogP contribution < -0.4 is 5.32 Å². The standard InChI is InChI=1S/C16H24N4O/c1-9(13-7-10-2-3-12(13)6-10)17-15(21)8-14-18-16(20-19-14)11-4-5-11/h9-13H,2-8H2,1H3,(H,17,21)(H,18,19,20). The number of amides is 1. The van der Waals surface area contributed by atoms with E-state index >= 15 is 0 Å². The first kappa shape index (κ1) is 13.3. The number of hydrogen-bond donors (Lipinski definition) is 2. The molecule has 1 aromatic heterocycles. The van der Waals surface area contributed by atoms with E-state index in [1.54, 1.807) is 0 Å². The molecule has 1 amide bonds. The number of carbonyl (C=O) groups excluding carboxylic acids is 1. The molecule has 3 saturated carbocycles. The van der Waals surface area contributed by atoms with E-state index in [1.165, 1.54) is 38.5 Å². The highest BCUT2D eigenvalue weighted by Crippen LogP contribution is 2.49. The number of aromatic nitrogens is 3. The van der Waals surface area contributed by atoms with Gasteiger partial charge in [0.25, 0.3) is 0 Å². The number of H-pyrrole nitrogens is 1. The highest BCUT2D eigenvalue weighted by molar-refractivity contribution is 5.78. The van der Waals surface area contributed by atoms with E-state index in [0.717, 1.165) is 17.7 Å². The van der Waals surface area contributed by atoms with Crippen LogP contribution in [-0.2, 0) is 11.2 Å². The maximum Gasteiger partial charge on any atom is 0.227 e. The molecule has 4 unspecified atom stereocenters. The lowest BCUT2D eigenvalue weighted by Gasteiger charge is -2.28. The van der Waals surface area contributed by atoms with Crippen LogP contribution in [0.15, 0.2) is 0 Å². The molecule has 0 aliphatic heterocycles. The van der Waals surface area contributed by atoms with E-state index in [9.17, 15) is 4.79 Å². The molecule has 4 rings (SSSR count). The predicted molar refractivity (Wildman–Crippen MR) is 78.6 cm³/mol. The van der Waals surface area contributed by atoms with Crippen molar-refractivity contribution in [2.75, 3.05) is 0 Å². The number of nitrogens with zero attached hydrogens (tertiary/aromatic N) is 2. The van der Waals surface area contributed by atoms with Crippen molar-refractivity contribution in [2.45, 2.75) is 63.8 Å². The van der Waals surface area contributed by atoms with E-state index in [2.05, 4.69) is 27.4 Å². The molecule has 2 N–H and O–H groups in total. The lowest BCUT2D eigenvalue weighted by molar-refractivity contribution is -0.121. The van der Waals surface area contributed by atoms with Crippen molar-refractivity contribution >= 4 is 5.91 Å². The van der Waals surface area contributed by atoms with Gasteiger partial charge in [0.15, 0.2) is 5.82 Å². The molecule has 5 nitrogen and oxygen atoms in total. The van der Waals surface area contributed by atoms with Gasteiger partial charge in [-0.1, -0.05) is 6.42 Å². The fraction of sp³-hybridized carbons (Fsp3) is 0.812. The van der Waals surface area contributed by atoms with Crippen molar-refractivity contribution in [1.82, 2.24) is 20.5 Å². The fourth-order valence-corrected chi connectivity index (χ4v) is 4.38. The molecule has 0 radical (unpaired) electrons. The first-order valence-corrected chi connectivity index (χ1v) is 8.39. The number of aromatic amines is 1. The summed E-state index contributed by atoms with van der Waals surface area (Å²) in [6.45, 7) is 2.17. The number of carbonyl (C=O) groups is 1. The van der Waals surface area contributed by atoms with Crippen molar-refractivity contribution in [3.05, 3.63) is 11.6 Å². The monoisotopic (exact) mass is 288 g/mol. The molecule has 4 atom stereocenters. The summed E-state index contributed by atoms with van der Waals surface area (Å²) in [6, 6.07) is 0.290. The van der Waals surface area contributed by atoms with Gasteiger partial charge >= 0.3 is 0 Å². The summed E-state index contributed by atoms with van der Waals surface area (Å²) in [4.78, 5) is 16.6. The van der Waals surface area contributed by atoms with Gasteiger partial charge in [-0.2, -0.15) is 5.10 Å². The fourth-order valence-electron chi connectivity index (χ4n) is 4.38. The molecular formula is C16H24N4O. The highest BCUT2D eigenvalue weighted by Gasteiger charge is 2.42. The van der Waals surface area contributed by atoms with Crippen LogP contribution in [0.25, 0.3) is 0 Å². The largest absolute Gasteiger partial charge is 0.353 e. The minimum absolute atomic E-state index is 0.0729. The Morgan fingerprint density at radius 1 is 1.33 bits per heavy atom. The first-order valence-electron chi connectivity index (χ1n) is 8.39. The van der Waals surface area contributed by atoms with Gasteiger partial charge in [0, 0.05) is 12.0 Å². The van der Waals surface area contributed by atoms with Crippen molar-refractivity contribution in [3.8, 4) is 0 Å². The normalized spacial score (nSPS) is 32.3. The molecule has 114 valence electrons. The van der Waals surface area contributed by atoms with Gasteiger partial charge in [-0.05, 0) is 56.8 Å². The van der Waals surface area contributed by atoms with Crippen LogP contribution in [0.5, 0.6) is 0 Å². The van der Waals surface area contributed by atoms with Crippen LogP contribution in [0.3, 0.4) is 0 Å². The molecule has 3 fully saturated rings. The van der Waals surface area contributed by atoms with Gasteiger partial charge < -0.3 is 5.32 Å². The lowest BCUT2D eigenvalue weighted by atomic mass is 9.84. The number of rotatable bonds is 5. The topological polar surface area (TPSA) is 70.7 Å². The van der Waals surface area contributed by atoms with E-state index < -0.39 is 0 Å². The minimum atomic E-state index is 0.0729. The summed E-state index contributed by atoms with van der Waals surface area (Å²) in [5.41, 5.74) is 0. The molecule has 3 aliphatic rings. The molecule has 2 bridgehead atoms. The quantitative estimate of drug-likeness (QED) is 0.872. The van der Waals surface area contributed by atoms with Crippen LogP contribution >= 0.6 is 0 Å². The molecular weight excluding hydrogens is 264 g/mol. The summed E-state index contributed by atoms with van der Waals surface area (Å²) in [6.07, 6.45) is 8.16. The van der Waals surface area contributed by atoms with E-state index in [-0.39, 0.29) is 5.91 Å². The zero-order valence-corrected chi connectivity index (χ0v) is 12.6. The number of hydrogen-bond acceptors (Lipinski definition) is 3. The molecule has 0 saturated heterocycles. The van der Waals surface area contributed by atoms with Crippen molar-refractivity contribution in [1.29, 1.82) is 0 Å². The van der Waals surface area contributed by atoms with Crippen LogP contribution in [0.2, 0.25) is 0 Å². The third kappa shape index (κ3) is 2.70. The Balaban J connectivity index is 1.30. The van der Waals surface area contributed by atoms with Crippen LogP contribution in [0.4, 0.5) is 0 Å². The SMILES string of the molecule is CC(NC(=O)Cc1nc(C2CC2)n[nH]1)C1CC2CCC1C2. The predicted octanol–water partition coefficient (Wildman–Crippen LogP) is 2.17. The van der Waals surface area contributed by atoms with Gasteiger partial charge in [0.05, 0.1) is 6.42 Å². The Bertz CT molecular complexity index is 536. The molecule has 5 heteroatoms. The molecule has 3 aliphatic carbocycles. The van der Waals surface area contributed by atoms with E-state index in [0.29, 0.717) is 30.1 Å². The molecule has 1 heterocycles. The summed E-state index contributed by atoms with van der Waals surface area (Å²) in [5.74, 6) is 4.65. The summed E-state index contributed by atoms with van der Waals surface area (Å²) in [7, 11) is 0. The summed E-state index contributed by atoms with van der Waals surface area (Å²) >= 11 is 0.